The first-order chi connectivity index (χ1) is 26.4. The van der Waals surface area contributed by atoms with Crippen molar-refractivity contribution in [2.75, 3.05) is 34.1 Å². The minimum atomic E-state index is -3.65. The van der Waals surface area contributed by atoms with Crippen molar-refractivity contribution in [3.63, 3.8) is 0 Å². The van der Waals surface area contributed by atoms with Crippen LogP contribution in [0.15, 0.2) is 84.9 Å². The van der Waals surface area contributed by atoms with E-state index in [4.69, 9.17) is 31.8 Å². The summed E-state index contributed by atoms with van der Waals surface area (Å²) in [6, 6.07) is 29.0. The SMILES string of the molecule is COc1ccc(CO[C@@H]([C@H](CCO[Si](c2ccccc2)(c2ccccc2)C(C)(C)C)O[Si](C)(C)C(C)(C)C)[C@](C)(CC(=O)CP(=O)(OC)OC)O[Si](C)(C)C)cc1. The Balaban J connectivity index is 2.24. The van der Waals surface area contributed by atoms with Crippen molar-refractivity contribution >= 4 is 48.7 Å². The lowest BCUT2D eigenvalue weighted by molar-refractivity contribution is -0.153. The molecule has 3 rings (SSSR count). The predicted molar refractivity (Wildman–Crippen MR) is 241 cm³/mol. The number of hydrogen-bond donors (Lipinski definition) is 0. The first-order valence-corrected chi connectivity index (χ1v) is 29.9. The summed E-state index contributed by atoms with van der Waals surface area (Å²) in [4.78, 5) is 14.0. The molecular weight excluding hydrogens is 788 g/mol. The number of ether oxygens (including phenoxy) is 2. The molecule has 0 aliphatic carbocycles. The van der Waals surface area contributed by atoms with Crippen LogP contribution >= 0.6 is 7.60 Å². The van der Waals surface area contributed by atoms with Crippen LogP contribution in [-0.2, 0) is 43.0 Å². The number of benzene rings is 3. The van der Waals surface area contributed by atoms with Gasteiger partial charge in [0.25, 0.3) is 8.32 Å². The van der Waals surface area contributed by atoms with Crippen LogP contribution in [0.25, 0.3) is 0 Å². The molecule has 3 aromatic rings. The summed E-state index contributed by atoms with van der Waals surface area (Å²) < 4.78 is 58.2. The average Bonchev–Trinajstić information content (AvgIpc) is 3.12. The molecular formula is C44H71O9PSi3. The third-order valence-electron chi connectivity index (χ3n) is 10.9. The van der Waals surface area contributed by atoms with Crippen molar-refractivity contribution < 1.29 is 41.2 Å². The van der Waals surface area contributed by atoms with Crippen molar-refractivity contribution in [3.8, 4) is 5.75 Å². The van der Waals surface area contributed by atoms with Crippen molar-refractivity contribution in [3.05, 3.63) is 90.5 Å². The molecule has 0 amide bonds. The summed E-state index contributed by atoms with van der Waals surface area (Å²) in [7, 11) is -7.20. The van der Waals surface area contributed by atoms with Gasteiger partial charge in [0.2, 0.25) is 0 Å². The van der Waals surface area contributed by atoms with E-state index in [9.17, 15) is 9.36 Å². The van der Waals surface area contributed by atoms with Crippen LogP contribution in [0.2, 0.25) is 42.8 Å². The molecule has 0 spiro atoms. The second kappa shape index (κ2) is 19.9. The Morgan fingerprint density at radius 2 is 1.23 bits per heavy atom. The summed E-state index contributed by atoms with van der Waals surface area (Å²) in [6.45, 7) is 26.8. The van der Waals surface area contributed by atoms with E-state index in [1.54, 1.807) is 7.11 Å². The van der Waals surface area contributed by atoms with Gasteiger partial charge in [-0.1, -0.05) is 114 Å². The number of hydrogen-bond acceptors (Lipinski definition) is 9. The first-order valence-electron chi connectivity index (χ1n) is 19.9. The lowest BCUT2D eigenvalue weighted by Crippen LogP contribution is -2.67. The highest BCUT2D eigenvalue weighted by atomic mass is 31.2. The van der Waals surface area contributed by atoms with Crippen molar-refractivity contribution in [2.45, 2.75) is 129 Å². The zero-order valence-electron chi connectivity index (χ0n) is 37.4. The van der Waals surface area contributed by atoms with Crippen molar-refractivity contribution in [1.29, 1.82) is 0 Å². The van der Waals surface area contributed by atoms with Gasteiger partial charge in [0.05, 0.1) is 25.4 Å². The fourth-order valence-electron chi connectivity index (χ4n) is 7.26. The Kier molecular flexibility index (Phi) is 17.1. The lowest BCUT2D eigenvalue weighted by Gasteiger charge is -2.48. The Labute approximate surface area is 347 Å². The maximum absolute atomic E-state index is 14.0. The second-order valence-corrected chi connectivity index (χ2v) is 34.4. The molecule has 0 heterocycles. The van der Waals surface area contributed by atoms with E-state index in [1.807, 2.05) is 43.3 Å². The molecule has 0 aromatic heterocycles. The lowest BCUT2D eigenvalue weighted by atomic mass is 9.88. The minimum absolute atomic E-state index is 0.0891. The number of Topliss-reactive ketones (excluding diaryl/α,β-unsaturated/α-hetero) is 1. The highest BCUT2D eigenvalue weighted by molar-refractivity contribution is 7.54. The molecule has 0 saturated heterocycles. The van der Waals surface area contributed by atoms with E-state index < -0.39 is 50.4 Å². The van der Waals surface area contributed by atoms with Crippen LogP contribution in [0.1, 0.15) is 66.9 Å². The zero-order chi connectivity index (χ0) is 42.9. The molecule has 0 unspecified atom stereocenters. The number of carbonyl (C=O) groups excluding carboxylic acids is 1. The highest BCUT2D eigenvalue weighted by Gasteiger charge is 2.52. The molecule has 0 fully saturated rings. The van der Waals surface area contributed by atoms with Gasteiger partial charge in [-0.2, -0.15) is 0 Å². The molecule has 0 bridgehead atoms. The van der Waals surface area contributed by atoms with Crippen LogP contribution < -0.4 is 15.1 Å². The summed E-state index contributed by atoms with van der Waals surface area (Å²) >= 11 is 0. The van der Waals surface area contributed by atoms with Gasteiger partial charge in [0.15, 0.2) is 16.6 Å². The molecule has 318 valence electrons. The van der Waals surface area contributed by atoms with Crippen LogP contribution in [0.3, 0.4) is 0 Å². The van der Waals surface area contributed by atoms with E-state index in [-0.39, 0.29) is 35.0 Å². The predicted octanol–water partition coefficient (Wildman–Crippen LogP) is 9.99. The third kappa shape index (κ3) is 13.1. The van der Waals surface area contributed by atoms with Crippen LogP contribution in [0.5, 0.6) is 5.75 Å². The fraction of sp³-hybridized carbons (Fsp3) is 0.568. The number of ketones is 1. The Morgan fingerprint density at radius 1 is 0.719 bits per heavy atom. The number of carbonyl (C=O) groups is 1. The molecule has 9 nitrogen and oxygen atoms in total. The molecule has 3 atom stereocenters. The maximum atomic E-state index is 14.0. The molecule has 0 aliphatic heterocycles. The van der Waals surface area contributed by atoms with Crippen LogP contribution in [-0.4, -0.2) is 82.6 Å². The molecule has 0 radical (unpaired) electrons. The van der Waals surface area contributed by atoms with Gasteiger partial charge in [-0.05, 0) is 84.2 Å². The van der Waals surface area contributed by atoms with E-state index in [0.717, 1.165) is 11.3 Å². The summed E-state index contributed by atoms with van der Waals surface area (Å²) in [5.74, 6) is 0.434. The number of rotatable bonds is 22. The standard InChI is InChI=1S/C44H71O9PSi3/c1-42(2,3)56(14,15)52-40(30-31-51-57(43(4,5)6,38-22-18-16-19-23-38)39-24-20-17-21-25-39)41(50-33-35-26-28-37(47-8)29-27-35)44(7,53-55(11,12)13)32-36(45)34-54(46,48-9)49-10/h16-29,40-41H,30-34H2,1-15H3/t40-,41-,44-/m0/s1. The summed E-state index contributed by atoms with van der Waals surface area (Å²) in [5.41, 5.74) is -0.259. The topological polar surface area (TPSA) is 98.8 Å². The van der Waals surface area contributed by atoms with E-state index in [2.05, 4.69) is 123 Å². The van der Waals surface area contributed by atoms with Gasteiger partial charge in [-0.3, -0.25) is 9.36 Å². The van der Waals surface area contributed by atoms with E-state index in [0.29, 0.717) is 13.0 Å². The molecule has 3 aromatic carbocycles. The fourth-order valence-corrected chi connectivity index (χ4v) is 15.7. The first kappa shape index (κ1) is 49.1. The van der Waals surface area contributed by atoms with Crippen molar-refractivity contribution in [2.24, 2.45) is 0 Å². The van der Waals surface area contributed by atoms with Gasteiger partial charge in [-0.25, -0.2) is 0 Å². The largest absolute Gasteiger partial charge is 0.497 e. The number of methoxy groups -OCH3 is 1. The summed E-state index contributed by atoms with van der Waals surface area (Å²) in [6.07, 6.45) is -1.29. The molecule has 13 heteroatoms. The maximum Gasteiger partial charge on any atom is 0.337 e. The van der Waals surface area contributed by atoms with E-state index >= 15 is 0 Å². The van der Waals surface area contributed by atoms with E-state index in [1.165, 1.54) is 24.6 Å². The third-order valence-corrected chi connectivity index (χ3v) is 23.4. The molecule has 0 N–H and O–H groups in total. The van der Waals surface area contributed by atoms with Crippen molar-refractivity contribution in [1.82, 2.24) is 0 Å². The minimum Gasteiger partial charge on any atom is -0.497 e. The normalized spacial score (nSPS) is 15.5. The molecule has 0 saturated carbocycles. The quantitative estimate of drug-likeness (QED) is 0.0723. The Hall–Kier alpha value is -2.23. The van der Waals surface area contributed by atoms with Gasteiger partial charge < -0.3 is 31.8 Å². The van der Waals surface area contributed by atoms with Gasteiger partial charge in [-0.15, -0.1) is 0 Å². The Morgan fingerprint density at radius 3 is 1.65 bits per heavy atom. The zero-order valence-corrected chi connectivity index (χ0v) is 41.3. The average molecular weight is 859 g/mol. The van der Waals surface area contributed by atoms with Crippen LogP contribution in [0, 0.1) is 0 Å². The highest BCUT2D eigenvalue weighted by Crippen LogP contribution is 2.47. The summed E-state index contributed by atoms with van der Waals surface area (Å²) in [5, 5.41) is 2.01. The van der Waals surface area contributed by atoms with Gasteiger partial charge in [0.1, 0.15) is 23.8 Å². The monoisotopic (exact) mass is 858 g/mol. The second-order valence-electron chi connectivity index (χ2n) is 18.7. The van der Waals surface area contributed by atoms with Gasteiger partial charge in [0, 0.05) is 27.2 Å². The van der Waals surface area contributed by atoms with Crippen LogP contribution in [0.4, 0.5) is 0 Å². The van der Waals surface area contributed by atoms with Gasteiger partial charge >= 0.3 is 7.60 Å². The molecule has 57 heavy (non-hydrogen) atoms. The smallest absolute Gasteiger partial charge is 0.337 e. The molecule has 0 aliphatic rings. The Bertz CT molecular complexity index is 1690.